The summed E-state index contributed by atoms with van der Waals surface area (Å²) in [6.07, 6.45) is 5.83. The van der Waals surface area contributed by atoms with Crippen LogP contribution in [0.5, 0.6) is 5.88 Å². The Bertz CT molecular complexity index is 1080. The third-order valence-electron chi connectivity index (χ3n) is 4.93. The highest BCUT2D eigenvalue weighted by atomic mass is 16.5. The van der Waals surface area contributed by atoms with E-state index in [1.54, 1.807) is 13.4 Å². The minimum absolute atomic E-state index is 0.602. The molecule has 2 aromatic carbocycles. The number of allylic oxidation sites excluding steroid dienone is 1. The second kappa shape index (κ2) is 7.69. The van der Waals surface area contributed by atoms with Gasteiger partial charge in [0.05, 0.1) is 12.5 Å². The Hall–Kier alpha value is -3.40. The van der Waals surface area contributed by atoms with E-state index in [0.29, 0.717) is 12.4 Å². The normalized spacial score (nSPS) is 10.8. The Morgan fingerprint density at radius 2 is 1.50 bits per heavy atom. The average Bonchev–Trinajstić information content (AvgIpc) is 3.14. The number of fused-ring (bicyclic) bond motifs is 1. The molecule has 0 aliphatic carbocycles. The van der Waals surface area contributed by atoms with Gasteiger partial charge in [0.25, 0.3) is 0 Å². The van der Waals surface area contributed by atoms with Gasteiger partial charge in [-0.1, -0.05) is 65.7 Å². The van der Waals surface area contributed by atoms with Gasteiger partial charge in [0.15, 0.2) is 0 Å². The molecule has 4 aromatic rings. The van der Waals surface area contributed by atoms with Crippen molar-refractivity contribution in [1.82, 2.24) is 14.5 Å². The Morgan fingerprint density at radius 3 is 2.07 bits per heavy atom. The lowest BCUT2D eigenvalue weighted by atomic mass is 9.96. The first-order chi connectivity index (χ1) is 13.7. The van der Waals surface area contributed by atoms with Crippen LogP contribution in [0.15, 0.2) is 73.2 Å². The Morgan fingerprint density at radius 1 is 0.893 bits per heavy atom. The minimum Gasteiger partial charge on any atom is -0.480 e. The molecule has 0 bridgehead atoms. The number of hydrogen-bond donors (Lipinski definition) is 0. The monoisotopic (exact) mass is 369 g/mol. The first-order valence-corrected chi connectivity index (χ1v) is 9.34. The van der Waals surface area contributed by atoms with Crippen molar-refractivity contribution in [2.24, 2.45) is 0 Å². The van der Waals surface area contributed by atoms with Crippen molar-refractivity contribution < 1.29 is 4.74 Å². The fraction of sp³-hybridized carbons (Fsp3) is 0.167. The van der Waals surface area contributed by atoms with E-state index in [0.717, 1.165) is 11.0 Å². The molecule has 0 saturated heterocycles. The van der Waals surface area contributed by atoms with E-state index in [1.165, 1.54) is 27.8 Å². The molecule has 0 spiro atoms. The zero-order valence-corrected chi connectivity index (χ0v) is 16.4. The van der Waals surface area contributed by atoms with E-state index in [2.05, 4.69) is 83.0 Å². The van der Waals surface area contributed by atoms with Crippen molar-refractivity contribution in [3.8, 4) is 5.88 Å². The van der Waals surface area contributed by atoms with Gasteiger partial charge in [0.1, 0.15) is 12.0 Å². The Balaban J connectivity index is 1.75. The maximum Gasteiger partial charge on any atom is 0.225 e. The Labute approximate surface area is 165 Å². The predicted octanol–water partition coefficient (Wildman–Crippen LogP) is 5.19. The van der Waals surface area contributed by atoms with Gasteiger partial charge < -0.3 is 9.30 Å². The zero-order valence-electron chi connectivity index (χ0n) is 16.4. The van der Waals surface area contributed by atoms with Crippen molar-refractivity contribution in [3.63, 3.8) is 0 Å². The van der Waals surface area contributed by atoms with Crippen LogP contribution < -0.4 is 4.74 Å². The van der Waals surface area contributed by atoms with E-state index in [4.69, 9.17) is 4.74 Å². The van der Waals surface area contributed by atoms with Crippen molar-refractivity contribution in [2.75, 3.05) is 7.11 Å². The number of benzene rings is 2. The molecule has 0 saturated carbocycles. The third-order valence-corrected chi connectivity index (χ3v) is 4.93. The fourth-order valence-electron chi connectivity index (χ4n) is 3.35. The van der Waals surface area contributed by atoms with Gasteiger partial charge in [0, 0.05) is 12.7 Å². The molecule has 4 rings (SSSR count). The van der Waals surface area contributed by atoms with Gasteiger partial charge in [-0.05, 0) is 36.6 Å². The summed E-state index contributed by atoms with van der Waals surface area (Å²) in [5.74, 6) is 0.602. The smallest absolute Gasteiger partial charge is 0.225 e. The van der Waals surface area contributed by atoms with Crippen LogP contribution in [0.25, 0.3) is 16.6 Å². The average molecular weight is 369 g/mol. The summed E-state index contributed by atoms with van der Waals surface area (Å²) in [4.78, 5) is 8.62. The fourth-order valence-corrected chi connectivity index (χ4v) is 3.35. The van der Waals surface area contributed by atoms with Gasteiger partial charge in [0.2, 0.25) is 5.88 Å². The number of nitrogens with zero attached hydrogens (tertiary/aromatic N) is 3. The van der Waals surface area contributed by atoms with Crippen LogP contribution >= 0.6 is 0 Å². The summed E-state index contributed by atoms with van der Waals surface area (Å²) in [6.45, 7) is 4.93. The molecule has 28 heavy (non-hydrogen) atoms. The molecule has 4 heteroatoms. The first-order valence-electron chi connectivity index (χ1n) is 9.34. The second-order valence-corrected chi connectivity index (χ2v) is 6.94. The van der Waals surface area contributed by atoms with Crippen molar-refractivity contribution in [3.05, 3.63) is 95.5 Å². The number of hydrogen-bond acceptors (Lipinski definition) is 3. The van der Waals surface area contributed by atoms with Gasteiger partial charge in [-0.3, -0.25) is 0 Å². The van der Waals surface area contributed by atoms with Crippen LogP contribution in [0.1, 0.15) is 22.3 Å². The van der Waals surface area contributed by atoms with Crippen LogP contribution in [-0.4, -0.2) is 21.6 Å². The SMILES string of the molecule is COc1ncnc2c1ccn2CC=C(c1ccc(C)cc1)c1ccc(C)cc1. The van der Waals surface area contributed by atoms with Crippen molar-refractivity contribution in [1.29, 1.82) is 0 Å². The zero-order chi connectivity index (χ0) is 19.5. The van der Waals surface area contributed by atoms with Crippen LogP contribution in [0.4, 0.5) is 0 Å². The molecule has 0 radical (unpaired) electrons. The number of methoxy groups -OCH3 is 1. The third kappa shape index (κ3) is 3.54. The molecule has 0 fully saturated rings. The molecule has 0 aliphatic rings. The van der Waals surface area contributed by atoms with Gasteiger partial charge in [-0.15, -0.1) is 0 Å². The molecular formula is C24H23N3O. The molecule has 0 amide bonds. The summed E-state index contributed by atoms with van der Waals surface area (Å²) >= 11 is 0. The van der Waals surface area contributed by atoms with Gasteiger partial charge in [-0.25, -0.2) is 9.97 Å². The van der Waals surface area contributed by atoms with Crippen LogP contribution in [0.3, 0.4) is 0 Å². The molecule has 140 valence electrons. The van der Waals surface area contributed by atoms with Gasteiger partial charge in [-0.2, -0.15) is 0 Å². The minimum atomic E-state index is 0.602. The van der Waals surface area contributed by atoms with Crippen molar-refractivity contribution in [2.45, 2.75) is 20.4 Å². The summed E-state index contributed by atoms with van der Waals surface area (Å²) < 4.78 is 7.46. The van der Waals surface area contributed by atoms with E-state index in [-0.39, 0.29) is 0 Å². The molecular weight excluding hydrogens is 346 g/mol. The molecule has 4 nitrogen and oxygen atoms in total. The molecule has 0 atom stereocenters. The summed E-state index contributed by atoms with van der Waals surface area (Å²) in [6, 6.07) is 19.3. The van der Waals surface area contributed by atoms with Crippen LogP contribution in [0.2, 0.25) is 0 Å². The van der Waals surface area contributed by atoms with Crippen LogP contribution in [-0.2, 0) is 6.54 Å². The Kier molecular flexibility index (Phi) is 4.94. The second-order valence-electron chi connectivity index (χ2n) is 6.94. The summed E-state index contributed by atoms with van der Waals surface area (Å²) in [5, 5.41) is 0.922. The van der Waals surface area contributed by atoms with E-state index < -0.39 is 0 Å². The lowest BCUT2D eigenvalue weighted by molar-refractivity contribution is 0.402. The largest absolute Gasteiger partial charge is 0.480 e. The maximum absolute atomic E-state index is 5.35. The van der Waals surface area contributed by atoms with E-state index >= 15 is 0 Å². The lowest BCUT2D eigenvalue weighted by Gasteiger charge is -2.11. The number of rotatable bonds is 5. The van der Waals surface area contributed by atoms with Crippen molar-refractivity contribution >= 4 is 16.6 Å². The standard InChI is InChI=1S/C24H23N3O/c1-17-4-8-19(9-5-17)21(20-10-6-18(2)7-11-20)12-14-27-15-13-22-23(27)25-16-26-24(22)28-3/h4-13,15-16H,14H2,1-3H3. The number of ether oxygens (including phenoxy) is 1. The molecule has 0 aliphatic heterocycles. The number of aromatic nitrogens is 3. The quantitative estimate of drug-likeness (QED) is 0.486. The lowest BCUT2D eigenvalue weighted by Crippen LogP contribution is -1.98. The van der Waals surface area contributed by atoms with E-state index in [1.807, 2.05) is 12.3 Å². The predicted molar refractivity (Wildman–Crippen MR) is 114 cm³/mol. The molecule has 2 aromatic heterocycles. The van der Waals surface area contributed by atoms with Gasteiger partial charge >= 0.3 is 0 Å². The molecule has 0 N–H and O–H groups in total. The summed E-state index contributed by atoms with van der Waals surface area (Å²) in [5.41, 5.74) is 7.01. The highest BCUT2D eigenvalue weighted by molar-refractivity contribution is 5.82. The number of aryl methyl sites for hydroxylation is 2. The first kappa shape index (κ1) is 18.0. The highest BCUT2D eigenvalue weighted by Gasteiger charge is 2.09. The molecule has 0 unspecified atom stereocenters. The summed E-state index contributed by atoms with van der Waals surface area (Å²) in [7, 11) is 1.63. The van der Waals surface area contributed by atoms with E-state index in [9.17, 15) is 0 Å². The molecule has 2 heterocycles. The highest BCUT2D eigenvalue weighted by Crippen LogP contribution is 2.26. The maximum atomic E-state index is 5.35. The topological polar surface area (TPSA) is 39.9 Å². The van der Waals surface area contributed by atoms with Crippen LogP contribution in [0, 0.1) is 13.8 Å².